The van der Waals surface area contributed by atoms with E-state index in [2.05, 4.69) is 94.1 Å². The molecule has 1 atom stereocenters. The lowest BCUT2D eigenvalue weighted by molar-refractivity contribution is 0.270. The van der Waals surface area contributed by atoms with Gasteiger partial charge in [-0.25, -0.2) is 9.97 Å². The monoisotopic (exact) mass is 466 g/mol. The van der Waals surface area contributed by atoms with Crippen molar-refractivity contribution in [1.82, 2.24) is 29.6 Å². The average molecular weight is 467 g/mol. The Kier molecular flexibility index (Phi) is 7.23. The topological polar surface area (TPSA) is 59.7 Å². The standard InChI is InChI=1S/C24H30N6S2/c1-6-8-13-30-21(19(7-2)29(4)5)27-28-24(30)32-23-20-18(14-31-22(20)25-15-26-23)17-11-9-16(3)10-12-17/h9-12,14-15,19H,6-8,13H2,1-5H3. The number of benzene rings is 1. The molecule has 8 heteroatoms. The summed E-state index contributed by atoms with van der Waals surface area (Å²) in [6, 6.07) is 8.87. The lowest BCUT2D eigenvalue weighted by Gasteiger charge is -2.23. The van der Waals surface area contributed by atoms with E-state index in [-0.39, 0.29) is 6.04 Å². The van der Waals surface area contributed by atoms with Gasteiger partial charge in [0.05, 0.1) is 11.4 Å². The number of hydrogen-bond acceptors (Lipinski definition) is 7. The van der Waals surface area contributed by atoms with Crippen LogP contribution in [-0.4, -0.2) is 43.7 Å². The second-order valence-electron chi connectivity index (χ2n) is 8.21. The molecule has 0 saturated carbocycles. The number of aromatic nitrogens is 5. The van der Waals surface area contributed by atoms with Crippen LogP contribution in [0.4, 0.5) is 0 Å². The Balaban J connectivity index is 1.77. The normalized spacial score (nSPS) is 12.7. The minimum absolute atomic E-state index is 0.239. The van der Waals surface area contributed by atoms with Crippen LogP contribution < -0.4 is 0 Å². The number of fused-ring (bicyclic) bond motifs is 1. The zero-order valence-electron chi connectivity index (χ0n) is 19.4. The highest BCUT2D eigenvalue weighted by Gasteiger charge is 2.23. The highest BCUT2D eigenvalue weighted by molar-refractivity contribution is 7.99. The zero-order valence-corrected chi connectivity index (χ0v) is 21.0. The van der Waals surface area contributed by atoms with Crippen LogP contribution in [0.3, 0.4) is 0 Å². The molecule has 1 aromatic carbocycles. The van der Waals surface area contributed by atoms with Crippen LogP contribution in [0.2, 0.25) is 0 Å². The van der Waals surface area contributed by atoms with E-state index in [9.17, 15) is 0 Å². The van der Waals surface area contributed by atoms with Crippen molar-refractivity contribution in [2.45, 2.75) is 62.8 Å². The van der Waals surface area contributed by atoms with Gasteiger partial charge in [0.1, 0.15) is 16.2 Å². The van der Waals surface area contributed by atoms with Crippen LogP contribution in [0.5, 0.6) is 0 Å². The van der Waals surface area contributed by atoms with E-state index in [1.165, 1.54) is 16.7 Å². The SMILES string of the molecule is CCCCn1c(Sc2ncnc3scc(-c4ccc(C)cc4)c23)nnc1C(CC)N(C)C. The maximum atomic E-state index is 4.68. The second kappa shape index (κ2) is 10.1. The Hall–Kier alpha value is -2.29. The number of thiophene rings is 1. The van der Waals surface area contributed by atoms with E-state index < -0.39 is 0 Å². The molecule has 0 fully saturated rings. The number of unbranched alkanes of at least 4 members (excludes halogenated alkanes) is 1. The fraction of sp³-hybridized carbons (Fsp3) is 0.417. The maximum absolute atomic E-state index is 4.68. The fourth-order valence-corrected chi connectivity index (χ4v) is 5.82. The van der Waals surface area contributed by atoms with Gasteiger partial charge in [0.2, 0.25) is 0 Å². The molecule has 3 heterocycles. The van der Waals surface area contributed by atoms with Crippen molar-refractivity contribution in [2.24, 2.45) is 0 Å². The largest absolute Gasteiger partial charge is 0.304 e. The molecule has 168 valence electrons. The maximum Gasteiger partial charge on any atom is 0.197 e. The molecule has 1 unspecified atom stereocenters. The van der Waals surface area contributed by atoms with Crippen LogP contribution in [0.15, 0.2) is 46.2 Å². The molecule has 0 bridgehead atoms. The molecule has 0 radical (unpaired) electrons. The molecule has 4 aromatic rings. The van der Waals surface area contributed by atoms with Gasteiger partial charge >= 0.3 is 0 Å². The Morgan fingerprint density at radius 1 is 1.09 bits per heavy atom. The number of aryl methyl sites for hydroxylation is 1. The molecular weight excluding hydrogens is 436 g/mol. The summed E-state index contributed by atoms with van der Waals surface area (Å²) in [6.07, 6.45) is 4.86. The van der Waals surface area contributed by atoms with Crippen molar-refractivity contribution in [3.63, 3.8) is 0 Å². The average Bonchev–Trinajstić information content (AvgIpc) is 3.38. The number of nitrogens with zero attached hydrogens (tertiary/aromatic N) is 6. The molecular formula is C24H30N6S2. The van der Waals surface area contributed by atoms with Crippen LogP contribution in [0.25, 0.3) is 21.3 Å². The molecule has 0 N–H and O–H groups in total. The molecule has 4 rings (SSSR count). The first-order valence-electron chi connectivity index (χ1n) is 11.1. The summed E-state index contributed by atoms with van der Waals surface area (Å²) in [5, 5.41) is 14.3. The van der Waals surface area contributed by atoms with E-state index in [1.54, 1.807) is 29.4 Å². The third-order valence-electron chi connectivity index (χ3n) is 5.67. The van der Waals surface area contributed by atoms with Gasteiger partial charge in [0.25, 0.3) is 0 Å². The second-order valence-corrected chi connectivity index (χ2v) is 10.0. The van der Waals surface area contributed by atoms with Crippen LogP contribution >= 0.6 is 23.1 Å². The smallest absolute Gasteiger partial charge is 0.197 e. The highest BCUT2D eigenvalue weighted by Crippen LogP contribution is 2.40. The predicted molar refractivity (Wildman–Crippen MR) is 133 cm³/mol. The van der Waals surface area contributed by atoms with Gasteiger partial charge in [0.15, 0.2) is 11.0 Å². The third-order valence-corrected chi connectivity index (χ3v) is 7.55. The summed E-state index contributed by atoms with van der Waals surface area (Å²) in [4.78, 5) is 12.4. The third kappa shape index (κ3) is 4.58. The first-order chi connectivity index (χ1) is 15.5. The lowest BCUT2D eigenvalue weighted by Crippen LogP contribution is -2.23. The summed E-state index contributed by atoms with van der Waals surface area (Å²) in [5.74, 6) is 1.03. The fourth-order valence-electron chi connectivity index (χ4n) is 3.88. The molecule has 0 aliphatic heterocycles. The quantitative estimate of drug-likeness (QED) is 0.273. The van der Waals surface area contributed by atoms with Gasteiger partial charge in [-0.2, -0.15) is 0 Å². The van der Waals surface area contributed by atoms with Crippen LogP contribution in [0, 0.1) is 6.92 Å². The summed E-state index contributed by atoms with van der Waals surface area (Å²) < 4.78 is 2.29. The van der Waals surface area contributed by atoms with Crippen molar-refractivity contribution in [3.05, 3.63) is 47.4 Å². The van der Waals surface area contributed by atoms with Gasteiger partial charge in [-0.05, 0) is 51.2 Å². The van der Waals surface area contributed by atoms with Gasteiger partial charge in [0, 0.05) is 17.5 Å². The Morgan fingerprint density at radius 2 is 1.88 bits per heavy atom. The Morgan fingerprint density at radius 3 is 2.56 bits per heavy atom. The minimum Gasteiger partial charge on any atom is -0.304 e. The Labute approximate surface area is 198 Å². The van der Waals surface area contributed by atoms with E-state index in [0.29, 0.717) is 0 Å². The van der Waals surface area contributed by atoms with E-state index in [0.717, 1.165) is 52.0 Å². The molecule has 32 heavy (non-hydrogen) atoms. The van der Waals surface area contributed by atoms with Gasteiger partial charge in [-0.1, -0.05) is 50.1 Å². The lowest BCUT2D eigenvalue weighted by atomic mass is 10.1. The molecule has 6 nitrogen and oxygen atoms in total. The number of rotatable bonds is 9. The minimum atomic E-state index is 0.239. The Bertz CT molecular complexity index is 1180. The van der Waals surface area contributed by atoms with E-state index >= 15 is 0 Å². The highest BCUT2D eigenvalue weighted by atomic mass is 32.2. The predicted octanol–water partition coefficient (Wildman–Crippen LogP) is 6.22. The molecule has 0 saturated heterocycles. The summed E-state index contributed by atoms with van der Waals surface area (Å²) in [7, 11) is 4.21. The van der Waals surface area contributed by atoms with Crippen molar-refractivity contribution >= 4 is 33.3 Å². The van der Waals surface area contributed by atoms with Gasteiger partial charge in [-0.15, -0.1) is 21.5 Å². The van der Waals surface area contributed by atoms with Crippen LogP contribution in [-0.2, 0) is 6.54 Å². The van der Waals surface area contributed by atoms with Gasteiger partial charge in [-0.3, -0.25) is 4.90 Å². The van der Waals surface area contributed by atoms with Crippen molar-refractivity contribution in [1.29, 1.82) is 0 Å². The number of hydrogen-bond donors (Lipinski definition) is 0. The first-order valence-corrected chi connectivity index (χ1v) is 12.8. The molecule has 0 spiro atoms. The summed E-state index contributed by atoms with van der Waals surface area (Å²) >= 11 is 3.26. The molecule has 0 aliphatic rings. The van der Waals surface area contributed by atoms with Crippen molar-refractivity contribution in [2.75, 3.05) is 14.1 Å². The molecule has 0 aliphatic carbocycles. The van der Waals surface area contributed by atoms with Crippen molar-refractivity contribution in [3.8, 4) is 11.1 Å². The summed E-state index contributed by atoms with van der Waals surface area (Å²) in [6.45, 7) is 7.43. The molecule has 0 amide bonds. The van der Waals surface area contributed by atoms with Crippen LogP contribution in [0.1, 0.15) is 50.5 Å². The van der Waals surface area contributed by atoms with Crippen molar-refractivity contribution < 1.29 is 0 Å². The van der Waals surface area contributed by atoms with E-state index in [1.807, 2.05) is 0 Å². The molecule has 3 aromatic heterocycles. The zero-order chi connectivity index (χ0) is 22.7. The van der Waals surface area contributed by atoms with Gasteiger partial charge < -0.3 is 4.57 Å². The first kappa shape index (κ1) is 22.9. The summed E-state index contributed by atoms with van der Waals surface area (Å²) in [5.41, 5.74) is 3.61. The van der Waals surface area contributed by atoms with E-state index in [4.69, 9.17) is 0 Å².